The molecule has 2 aromatic carbocycles. The quantitative estimate of drug-likeness (QED) is 0.512. The van der Waals surface area contributed by atoms with Gasteiger partial charge in [-0.25, -0.2) is 0 Å². The first-order chi connectivity index (χ1) is 13.3. The molecule has 27 heavy (non-hydrogen) atoms. The van der Waals surface area contributed by atoms with E-state index in [1.165, 1.54) is 22.0 Å². The lowest BCUT2D eigenvalue weighted by Gasteiger charge is -2.09. The number of hydrogen-bond donors (Lipinski definition) is 3. The molecular weight excluding hydrogens is 338 g/mol. The van der Waals surface area contributed by atoms with Crippen LogP contribution in [-0.2, 0) is 17.8 Å². The summed E-state index contributed by atoms with van der Waals surface area (Å²) in [6, 6.07) is 16.8. The van der Waals surface area contributed by atoms with Gasteiger partial charge in [-0.05, 0) is 61.2 Å². The fraction of sp³-hybridized carbons (Fsp3) is 0.318. The van der Waals surface area contributed by atoms with Gasteiger partial charge in [-0.2, -0.15) is 0 Å². The molecule has 0 unspecified atom stereocenters. The smallest absolute Gasteiger partial charge is 0.258 e. The van der Waals surface area contributed by atoms with Gasteiger partial charge in [-0.3, -0.25) is 4.79 Å². The van der Waals surface area contributed by atoms with Crippen molar-refractivity contribution in [3.05, 3.63) is 65.9 Å². The van der Waals surface area contributed by atoms with Crippen LogP contribution in [0.4, 0.5) is 0 Å². The van der Waals surface area contributed by atoms with E-state index in [0.717, 1.165) is 38.1 Å². The molecular formula is C22H25N3O2. The second-order valence-corrected chi connectivity index (χ2v) is 7.06. The summed E-state index contributed by atoms with van der Waals surface area (Å²) in [7, 11) is 0. The van der Waals surface area contributed by atoms with Crippen molar-refractivity contribution in [1.82, 2.24) is 15.6 Å². The van der Waals surface area contributed by atoms with Crippen molar-refractivity contribution >= 4 is 16.8 Å². The topological polar surface area (TPSA) is 66.1 Å². The standard InChI is InChI=1S/C22H25N3O2/c26-22(25-18-6-7-18)15-27-19-8-4-16(5-9-19)10-12-23-14-17-2-1-3-21-20(17)11-13-24-21/h1-5,8-9,11,13,18,23-24H,6-7,10,12,14-15H2,(H,25,26). The second kappa shape index (κ2) is 8.27. The molecule has 1 saturated carbocycles. The lowest BCUT2D eigenvalue weighted by atomic mass is 10.1. The maximum Gasteiger partial charge on any atom is 0.258 e. The number of benzene rings is 2. The van der Waals surface area contributed by atoms with Crippen LogP contribution < -0.4 is 15.4 Å². The van der Waals surface area contributed by atoms with Crippen molar-refractivity contribution in [1.29, 1.82) is 0 Å². The SMILES string of the molecule is O=C(COc1ccc(CCNCc2cccc3[nH]ccc23)cc1)NC1CC1. The van der Waals surface area contributed by atoms with Crippen LogP contribution in [0.2, 0.25) is 0 Å². The number of nitrogens with one attached hydrogen (secondary N) is 3. The van der Waals surface area contributed by atoms with Crippen LogP contribution in [0, 0.1) is 0 Å². The van der Waals surface area contributed by atoms with E-state index in [2.05, 4.69) is 52.0 Å². The van der Waals surface area contributed by atoms with Gasteiger partial charge in [0.15, 0.2) is 6.61 Å². The molecule has 0 spiro atoms. The zero-order valence-corrected chi connectivity index (χ0v) is 15.3. The molecule has 0 aliphatic heterocycles. The van der Waals surface area contributed by atoms with Gasteiger partial charge in [0.05, 0.1) is 0 Å². The highest BCUT2D eigenvalue weighted by Crippen LogP contribution is 2.19. The molecule has 4 rings (SSSR count). The number of fused-ring (bicyclic) bond motifs is 1. The van der Waals surface area contributed by atoms with E-state index in [4.69, 9.17) is 4.74 Å². The molecule has 0 atom stereocenters. The van der Waals surface area contributed by atoms with Gasteiger partial charge < -0.3 is 20.4 Å². The molecule has 1 fully saturated rings. The summed E-state index contributed by atoms with van der Waals surface area (Å²) in [5.41, 5.74) is 3.73. The molecule has 1 aliphatic carbocycles. The highest BCUT2D eigenvalue weighted by atomic mass is 16.5. The van der Waals surface area contributed by atoms with Crippen LogP contribution in [0.5, 0.6) is 5.75 Å². The predicted molar refractivity (Wildman–Crippen MR) is 107 cm³/mol. The van der Waals surface area contributed by atoms with Crippen LogP contribution in [0.3, 0.4) is 0 Å². The number of ether oxygens (including phenoxy) is 1. The van der Waals surface area contributed by atoms with Gasteiger partial charge in [-0.1, -0.05) is 24.3 Å². The summed E-state index contributed by atoms with van der Waals surface area (Å²) >= 11 is 0. The number of hydrogen-bond acceptors (Lipinski definition) is 3. The number of amides is 1. The summed E-state index contributed by atoms with van der Waals surface area (Å²) in [5.74, 6) is 0.694. The number of carbonyl (C=O) groups is 1. The van der Waals surface area contributed by atoms with Crippen molar-refractivity contribution in [2.24, 2.45) is 0 Å². The third kappa shape index (κ3) is 4.89. The minimum Gasteiger partial charge on any atom is -0.484 e. The molecule has 1 heterocycles. The van der Waals surface area contributed by atoms with E-state index >= 15 is 0 Å². The molecule has 3 N–H and O–H groups in total. The van der Waals surface area contributed by atoms with Gasteiger partial charge in [0.1, 0.15) is 5.75 Å². The van der Waals surface area contributed by atoms with Crippen molar-refractivity contribution in [3.8, 4) is 5.75 Å². The Balaban J connectivity index is 1.19. The van der Waals surface area contributed by atoms with Gasteiger partial charge in [0, 0.05) is 29.7 Å². The average Bonchev–Trinajstić information content (AvgIpc) is 3.36. The van der Waals surface area contributed by atoms with E-state index < -0.39 is 0 Å². The van der Waals surface area contributed by atoms with Crippen molar-refractivity contribution in [2.75, 3.05) is 13.2 Å². The first-order valence-corrected chi connectivity index (χ1v) is 9.55. The Morgan fingerprint density at radius 2 is 1.96 bits per heavy atom. The minimum atomic E-state index is -0.0387. The third-order valence-electron chi connectivity index (χ3n) is 4.83. The van der Waals surface area contributed by atoms with E-state index in [0.29, 0.717) is 6.04 Å². The lowest BCUT2D eigenvalue weighted by Crippen LogP contribution is -2.30. The van der Waals surface area contributed by atoms with Crippen LogP contribution in [0.25, 0.3) is 10.9 Å². The van der Waals surface area contributed by atoms with Crippen molar-refractivity contribution < 1.29 is 9.53 Å². The molecule has 0 bridgehead atoms. The summed E-state index contributed by atoms with van der Waals surface area (Å²) in [5, 5.41) is 7.71. The Hall–Kier alpha value is -2.79. The maximum atomic E-state index is 11.6. The van der Waals surface area contributed by atoms with Crippen LogP contribution >= 0.6 is 0 Å². The number of H-pyrrole nitrogens is 1. The fourth-order valence-corrected chi connectivity index (χ4v) is 3.16. The van der Waals surface area contributed by atoms with Gasteiger partial charge in [0.25, 0.3) is 5.91 Å². The Kier molecular flexibility index (Phi) is 5.39. The summed E-state index contributed by atoms with van der Waals surface area (Å²) in [4.78, 5) is 14.9. The monoisotopic (exact) mass is 363 g/mol. The first-order valence-electron chi connectivity index (χ1n) is 9.55. The summed E-state index contributed by atoms with van der Waals surface area (Å²) in [6.45, 7) is 1.85. The number of rotatable bonds is 9. The van der Waals surface area contributed by atoms with E-state index in [1.54, 1.807) is 0 Å². The zero-order chi connectivity index (χ0) is 18.5. The predicted octanol–water partition coefficient (Wildman–Crippen LogP) is 3.16. The Morgan fingerprint density at radius 1 is 1.11 bits per heavy atom. The number of aromatic amines is 1. The second-order valence-electron chi connectivity index (χ2n) is 7.06. The minimum absolute atomic E-state index is 0.0387. The highest BCUT2D eigenvalue weighted by molar-refractivity contribution is 5.82. The third-order valence-corrected chi connectivity index (χ3v) is 4.83. The average molecular weight is 363 g/mol. The fourth-order valence-electron chi connectivity index (χ4n) is 3.16. The molecule has 140 valence electrons. The van der Waals surface area contributed by atoms with E-state index in [-0.39, 0.29) is 12.5 Å². The Labute approximate surface area is 159 Å². The Bertz CT molecular complexity index is 897. The number of carbonyl (C=O) groups excluding carboxylic acids is 1. The molecule has 0 saturated heterocycles. The van der Waals surface area contributed by atoms with Crippen molar-refractivity contribution in [2.45, 2.75) is 31.8 Å². The van der Waals surface area contributed by atoms with Crippen LogP contribution in [-0.4, -0.2) is 30.1 Å². The lowest BCUT2D eigenvalue weighted by molar-refractivity contribution is -0.123. The zero-order valence-electron chi connectivity index (χ0n) is 15.3. The Morgan fingerprint density at radius 3 is 2.78 bits per heavy atom. The highest BCUT2D eigenvalue weighted by Gasteiger charge is 2.23. The normalized spacial score (nSPS) is 13.6. The van der Waals surface area contributed by atoms with Gasteiger partial charge in [-0.15, -0.1) is 0 Å². The van der Waals surface area contributed by atoms with Crippen molar-refractivity contribution in [3.63, 3.8) is 0 Å². The largest absolute Gasteiger partial charge is 0.484 e. The molecule has 1 aromatic heterocycles. The van der Waals surface area contributed by atoms with Crippen LogP contribution in [0.15, 0.2) is 54.7 Å². The number of aromatic nitrogens is 1. The molecule has 5 nitrogen and oxygen atoms in total. The summed E-state index contributed by atoms with van der Waals surface area (Å²) in [6.07, 6.45) is 5.11. The maximum absolute atomic E-state index is 11.6. The van der Waals surface area contributed by atoms with Gasteiger partial charge in [0.2, 0.25) is 0 Å². The molecule has 0 radical (unpaired) electrons. The molecule has 5 heteroatoms. The van der Waals surface area contributed by atoms with E-state index in [1.807, 2.05) is 18.3 Å². The van der Waals surface area contributed by atoms with Gasteiger partial charge >= 0.3 is 0 Å². The van der Waals surface area contributed by atoms with Crippen LogP contribution in [0.1, 0.15) is 24.0 Å². The molecule has 1 amide bonds. The summed E-state index contributed by atoms with van der Waals surface area (Å²) < 4.78 is 5.54. The first kappa shape index (κ1) is 17.6. The molecule has 1 aliphatic rings. The van der Waals surface area contributed by atoms with E-state index in [9.17, 15) is 4.79 Å². The molecule has 3 aromatic rings.